The zero-order valence-corrected chi connectivity index (χ0v) is 7.46. The van der Waals surface area contributed by atoms with E-state index in [2.05, 4.69) is 22.4 Å². The fourth-order valence-electron chi connectivity index (χ4n) is 2.24. The molecule has 0 aromatic carbocycles. The molecular formula is C11H12N2. The molecule has 2 heteroatoms. The van der Waals surface area contributed by atoms with E-state index in [4.69, 9.17) is 0 Å². The lowest BCUT2D eigenvalue weighted by Gasteiger charge is -2.18. The smallest absolute Gasteiger partial charge is 0.0679 e. The van der Waals surface area contributed by atoms with Gasteiger partial charge < -0.3 is 5.32 Å². The standard InChI is InChI=1S/C11H12N2/c1-2-8-6-9-3-5-13-11(9)7-10(8)12-4-1/h1-2,4,7,9,13H,3,5-6H2. The molecule has 1 fully saturated rings. The number of fused-ring (bicyclic) bond motifs is 2. The quantitative estimate of drug-likeness (QED) is 0.642. The van der Waals surface area contributed by atoms with Crippen molar-refractivity contribution in [1.82, 2.24) is 10.3 Å². The third-order valence-electron chi connectivity index (χ3n) is 2.95. The first-order valence-corrected chi connectivity index (χ1v) is 4.83. The molecule has 2 heterocycles. The highest BCUT2D eigenvalue weighted by Gasteiger charge is 2.25. The molecule has 13 heavy (non-hydrogen) atoms. The molecule has 2 nitrogen and oxygen atoms in total. The van der Waals surface area contributed by atoms with E-state index in [1.54, 1.807) is 0 Å². The number of pyridine rings is 1. The summed E-state index contributed by atoms with van der Waals surface area (Å²) in [7, 11) is 0. The Morgan fingerprint density at radius 3 is 3.46 bits per heavy atom. The molecule has 1 unspecified atom stereocenters. The number of allylic oxidation sites excluding steroid dienone is 1. The number of nitrogens with zero attached hydrogens (tertiary/aromatic N) is 1. The van der Waals surface area contributed by atoms with Gasteiger partial charge in [0.05, 0.1) is 5.69 Å². The molecule has 0 amide bonds. The highest BCUT2D eigenvalue weighted by Crippen LogP contribution is 2.30. The zero-order valence-electron chi connectivity index (χ0n) is 7.46. The minimum atomic E-state index is 0.733. The predicted octanol–water partition coefficient (Wildman–Crippen LogP) is 1.59. The Labute approximate surface area is 77.7 Å². The summed E-state index contributed by atoms with van der Waals surface area (Å²) < 4.78 is 0. The summed E-state index contributed by atoms with van der Waals surface area (Å²) in [6.07, 6.45) is 6.52. The minimum absolute atomic E-state index is 0.733. The van der Waals surface area contributed by atoms with Crippen molar-refractivity contribution in [3.05, 3.63) is 35.3 Å². The Balaban J connectivity index is 2.10. The zero-order chi connectivity index (χ0) is 8.67. The van der Waals surface area contributed by atoms with Crippen LogP contribution >= 0.6 is 0 Å². The van der Waals surface area contributed by atoms with Gasteiger partial charge in [-0.05, 0) is 30.5 Å². The van der Waals surface area contributed by atoms with Gasteiger partial charge in [0, 0.05) is 24.4 Å². The van der Waals surface area contributed by atoms with Crippen LogP contribution in [0.15, 0.2) is 24.0 Å². The van der Waals surface area contributed by atoms with E-state index in [1.165, 1.54) is 24.1 Å². The average Bonchev–Trinajstić information content (AvgIpc) is 2.61. The van der Waals surface area contributed by atoms with Gasteiger partial charge in [0.1, 0.15) is 0 Å². The van der Waals surface area contributed by atoms with Crippen LogP contribution in [0.2, 0.25) is 0 Å². The molecular weight excluding hydrogens is 160 g/mol. The molecule has 1 N–H and O–H groups in total. The Kier molecular flexibility index (Phi) is 1.42. The summed E-state index contributed by atoms with van der Waals surface area (Å²) in [6.45, 7) is 1.13. The van der Waals surface area contributed by atoms with E-state index in [-0.39, 0.29) is 0 Å². The molecule has 1 atom stereocenters. The van der Waals surface area contributed by atoms with Crippen LogP contribution in [0.5, 0.6) is 0 Å². The van der Waals surface area contributed by atoms with Gasteiger partial charge in [-0.25, -0.2) is 0 Å². The van der Waals surface area contributed by atoms with Crippen molar-refractivity contribution in [3.63, 3.8) is 0 Å². The average molecular weight is 172 g/mol. The van der Waals surface area contributed by atoms with Crippen molar-refractivity contribution in [3.8, 4) is 0 Å². The number of aromatic nitrogens is 1. The Morgan fingerprint density at radius 2 is 2.46 bits per heavy atom. The van der Waals surface area contributed by atoms with Crippen molar-refractivity contribution in [2.24, 2.45) is 5.92 Å². The second kappa shape index (κ2) is 2.59. The SMILES string of the molecule is C1=C2NCCC2Cc2cccnc21. The largest absolute Gasteiger partial charge is 0.388 e. The van der Waals surface area contributed by atoms with Crippen LogP contribution in [-0.4, -0.2) is 11.5 Å². The van der Waals surface area contributed by atoms with Gasteiger partial charge in [0.25, 0.3) is 0 Å². The maximum Gasteiger partial charge on any atom is 0.0679 e. The first-order valence-electron chi connectivity index (χ1n) is 4.83. The number of hydrogen-bond donors (Lipinski definition) is 1. The highest BCUT2D eigenvalue weighted by molar-refractivity contribution is 5.56. The van der Waals surface area contributed by atoms with Crippen molar-refractivity contribution in [1.29, 1.82) is 0 Å². The molecule has 2 aliphatic rings. The Morgan fingerprint density at radius 1 is 1.46 bits per heavy atom. The number of hydrogen-bond acceptors (Lipinski definition) is 2. The monoisotopic (exact) mass is 172 g/mol. The van der Waals surface area contributed by atoms with Gasteiger partial charge in [-0.3, -0.25) is 4.98 Å². The highest BCUT2D eigenvalue weighted by atomic mass is 14.9. The summed E-state index contributed by atoms with van der Waals surface area (Å²) in [5, 5.41) is 3.42. The van der Waals surface area contributed by atoms with Crippen molar-refractivity contribution < 1.29 is 0 Å². The van der Waals surface area contributed by atoms with Gasteiger partial charge >= 0.3 is 0 Å². The Hall–Kier alpha value is -1.31. The molecule has 1 aliphatic heterocycles. The van der Waals surface area contributed by atoms with Crippen molar-refractivity contribution in [2.75, 3.05) is 6.54 Å². The summed E-state index contributed by atoms with van der Waals surface area (Å²) in [5.41, 5.74) is 3.95. The normalized spacial score (nSPS) is 24.3. The van der Waals surface area contributed by atoms with Crippen LogP contribution in [0.4, 0.5) is 0 Å². The van der Waals surface area contributed by atoms with Crippen LogP contribution < -0.4 is 5.32 Å². The Bertz CT molecular complexity index is 368. The fraction of sp³-hybridized carbons (Fsp3) is 0.364. The second-order valence-electron chi connectivity index (χ2n) is 3.76. The third kappa shape index (κ3) is 1.05. The van der Waals surface area contributed by atoms with E-state index in [1.807, 2.05) is 12.3 Å². The third-order valence-corrected chi connectivity index (χ3v) is 2.95. The molecule has 1 saturated heterocycles. The lowest BCUT2D eigenvalue weighted by molar-refractivity contribution is 0.630. The van der Waals surface area contributed by atoms with Gasteiger partial charge in [-0.1, -0.05) is 6.07 Å². The van der Waals surface area contributed by atoms with Gasteiger partial charge in [-0.2, -0.15) is 0 Å². The first kappa shape index (κ1) is 7.13. The molecule has 1 aromatic heterocycles. The van der Waals surface area contributed by atoms with Crippen LogP contribution in [0.3, 0.4) is 0 Å². The van der Waals surface area contributed by atoms with Gasteiger partial charge in [-0.15, -0.1) is 0 Å². The lowest BCUT2D eigenvalue weighted by Crippen LogP contribution is -2.14. The van der Waals surface area contributed by atoms with Gasteiger partial charge in [0.2, 0.25) is 0 Å². The molecule has 3 rings (SSSR count). The number of nitrogens with one attached hydrogen (secondary N) is 1. The molecule has 0 saturated carbocycles. The van der Waals surface area contributed by atoms with Crippen LogP contribution in [0, 0.1) is 5.92 Å². The summed E-state index contributed by atoms with van der Waals surface area (Å²) in [4.78, 5) is 4.36. The molecule has 0 radical (unpaired) electrons. The fourth-order valence-corrected chi connectivity index (χ4v) is 2.24. The molecule has 66 valence electrons. The first-order chi connectivity index (χ1) is 6.43. The lowest BCUT2D eigenvalue weighted by atomic mass is 9.90. The van der Waals surface area contributed by atoms with E-state index >= 15 is 0 Å². The van der Waals surface area contributed by atoms with Crippen molar-refractivity contribution >= 4 is 6.08 Å². The molecule has 1 aliphatic carbocycles. The van der Waals surface area contributed by atoms with Crippen LogP contribution in [0.25, 0.3) is 6.08 Å². The summed E-state index contributed by atoms with van der Waals surface area (Å²) in [6, 6.07) is 4.22. The predicted molar refractivity (Wildman–Crippen MR) is 52.0 cm³/mol. The molecule has 1 aromatic rings. The topological polar surface area (TPSA) is 24.9 Å². The minimum Gasteiger partial charge on any atom is -0.388 e. The van der Waals surface area contributed by atoms with E-state index in [0.717, 1.165) is 18.2 Å². The summed E-state index contributed by atoms with van der Waals surface area (Å²) in [5.74, 6) is 0.733. The molecule has 0 spiro atoms. The van der Waals surface area contributed by atoms with E-state index in [9.17, 15) is 0 Å². The van der Waals surface area contributed by atoms with Crippen LogP contribution in [0.1, 0.15) is 17.7 Å². The maximum absolute atomic E-state index is 4.36. The number of rotatable bonds is 0. The van der Waals surface area contributed by atoms with Gasteiger partial charge in [0.15, 0.2) is 0 Å². The maximum atomic E-state index is 4.36. The van der Waals surface area contributed by atoms with Crippen molar-refractivity contribution in [2.45, 2.75) is 12.8 Å². The van der Waals surface area contributed by atoms with Crippen LogP contribution in [-0.2, 0) is 6.42 Å². The van der Waals surface area contributed by atoms with E-state index < -0.39 is 0 Å². The second-order valence-corrected chi connectivity index (χ2v) is 3.76. The van der Waals surface area contributed by atoms with E-state index in [0.29, 0.717) is 0 Å². The molecule has 0 bridgehead atoms. The summed E-state index contributed by atoms with van der Waals surface area (Å²) >= 11 is 0.